The molecule has 1 N–H and O–H groups in total. The number of aryl methyl sites for hydroxylation is 1. The molecule has 1 aliphatic heterocycles. The average Bonchev–Trinajstić information content (AvgIpc) is 2.52. The van der Waals surface area contributed by atoms with Gasteiger partial charge in [-0.2, -0.15) is 0 Å². The van der Waals surface area contributed by atoms with Gasteiger partial charge in [-0.25, -0.2) is 0 Å². The predicted molar refractivity (Wildman–Crippen MR) is 82.1 cm³/mol. The zero-order chi connectivity index (χ0) is 15.1. The Morgan fingerprint density at radius 3 is 2.86 bits per heavy atom. The van der Waals surface area contributed by atoms with Crippen molar-refractivity contribution in [1.82, 2.24) is 5.32 Å². The molecule has 1 aliphatic rings. The zero-order valence-corrected chi connectivity index (χ0v) is 12.9. The SMILES string of the molecule is CCOCC(=O)NC[C@@H]1CCCO[C@H]1c1ccc(C)cc1. The summed E-state index contributed by atoms with van der Waals surface area (Å²) in [6.07, 6.45) is 2.20. The van der Waals surface area contributed by atoms with Gasteiger partial charge in [0.15, 0.2) is 0 Å². The third-order valence-corrected chi connectivity index (χ3v) is 3.85. The van der Waals surface area contributed by atoms with Crippen LogP contribution in [0.1, 0.15) is 37.0 Å². The van der Waals surface area contributed by atoms with Crippen molar-refractivity contribution in [2.75, 3.05) is 26.4 Å². The van der Waals surface area contributed by atoms with E-state index in [-0.39, 0.29) is 18.6 Å². The summed E-state index contributed by atoms with van der Waals surface area (Å²) in [6, 6.07) is 8.47. The number of amides is 1. The summed E-state index contributed by atoms with van der Waals surface area (Å²) < 4.78 is 11.1. The highest BCUT2D eigenvalue weighted by Crippen LogP contribution is 2.33. The molecule has 4 nitrogen and oxygen atoms in total. The van der Waals surface area contributed by atoms with Crippen LogP contribution >= 0.6 is 0 Å². The summed E-state index contributed by atoms with van der Waals surface area (Å²) >= 11 is 0. The van der Waals surface area contributed by atoms with Crippen LogP contribution in [0.5, 0.6) is 0 Å². The fourth-order valence-electron chi connectivity index (χ4n) is 2.67. The summed E-state index contributed by atoms with van der Waals surface area (Å²) in [7, 11) is 0. The van der Waals surface area contributed by atoms with E-state index >= 15 is 0 Å². The Labute approximate surface area is 126 Å². The Bertz CT molecular complexity index is 444. The number of nitrogens with one attached hydrogen (secondary N) is 1. The van der Waals surface area contributed by atoms with Crippen molar-refractivity contribution in [2.24, 2.45) is 5.92 Å². The van der Waals surface area contributed by atoms with Crippen molar-refractivity contribution >= 4 is 5.91 Å². The van der Waals surface area contributed by atoms with Crippen LogP contribution < -0.4 is 5.32 Å². The quantitative estimate of drug-likeness (QED) is 0.876. The number of benzene rings is 1. The van der Waals surface area contributed by atoms with Crippen LogP contribution in [0.2, 0.25) is 0 Å². The topological polar surface area (TPSA) is 47.6 Å². The molecule has 0 aliphatic carbocycles. The summed E-state index contributed by atoms with van der Waals surface area (Å²) in [4.78, 5) is 11.7. The van der Waals surface area contributed by atoms with Crippen molar-refractivity contribution in [1.29, 1.82) is 0 Å². The van der Waals surface area contributed by atoms with Gasteiger partial charge in [0.1, 0.15) is 6.61 Å². The van der Waals surface area contributed by atoms with Crippen molar-refractivity contribution in [3.05, 3.63) is 35.4 Å². The molecular formula is C17H25NO3. The Morgan fingerprint density at radius 2 is 2.14 bits per heavy atom. The van der Waals surface area contributed by atoms with Crippen LogP contribution in [0.4, 0.5) is 0 Å². The minimum absolute atomic E-state index is 0.0509. The van der Waals surface area contributed by atoms with Crippen LogP contribution in [-0.2, 0) is 14.3 Å². The van der Waals surface area contributed by atoms with E-state index < -0.39 is 0 Å². The van der Waals surface area contributed by atoms with Gasteiger partial charge in [-0.3, -0.25) is 4.79 Å². The molecule has 0 unspecified atom stereocenters. The lowest BCUT2D eigenvalue weighted by Gasteiger charge is -2.32. The van der Waals surface area contributed by atoms with E-state index in [1.54, 1.807) is 0 Å². The van der Waals surface area contributed by atoms with Crippen LogP contribution in [0, 0.1) is 12.8 Å². The van der Waals surface area contributed by atoms with Gasteiger partial charge in [-0.15, -0.1) is 0 Å². The molecule has 1 fully saturated rings. The first-order valence-electron chi connectivity index (χ1n) is 7.73. The summed E-state index contributed by atoms with van der Waals surface area (Å²) in [5.74, 6) is 0.275. The molecular weight excluding hydrogens is 266 g/mol. The highest BCUT2D eigenvalue weighted by Gasteiger charge is 2.27. The second-order valence-corrected chi connectivity index (χ2v) is 5.55. The normalized spacial score (nSPS) is 22.0. The fourth-order valence-corrected chi connectivity index (χ4v) is 2.67. The molecule has 1 amide bonds. The van der Waals surface area contributed by atoms with E-state index in [4.69, 9.17) is 9.47 Å². The van der Waals surface area contributed by atoms with Gasteiger partial charge in [0.05, 0.1) is 6.10 Å². The molecule has 0 bridgehead atoms. The van der Waals surface area contributed by atoms with Crippen LogP contribution in [0.3, 0.4) is 0 Å². The molecule has 2 atom stereocenters. The highest BCUT2D eigenvalue weighted by molar-refractivity contribution is 5.77. The summed E-state index contributed by atoms with van der Waals surface area (Å²) in [6.45, 7) is 6.10. The first-order chi connectivity index (χ1) is 10.2. The molecule has 116 valence electrons. The van der Waals surface area contributed by atoms with E-state index in [1.165, 1.54) is 11.1 Å². The van der Waals surface area contributed by atoms with E-state index in [1.807, 2.05) is 6.92 Å². The van der Waals surface area contributed by atoms with Crippen LogP contribution in [0.15, 0.2) is 24.3 Å². The molecule has 2 rings (SSSR count). The second-order valence-electron chi connectivity index (χ2n) is 5.55. The Morgan fingerprint density at radius 1 is 1.38 bits per heavy atom. The predicted octanol–water partition coefficient (Wildman–Crippen LogP) is 2.62. The Balaban J connectivity index is 1.92. The van der Waals surface area contributed by atoms with Crippen molar-refractivity contribution < 1.29 is 14.3 Å². The third-order valence-electron chi connectivity index (χ3n) is 3.85. The number of ether oxygens (including phenoxy) is 2. The molecule has 0 aromatic heterocycles. The van der Waals surface area contributed by atoms with Crippen molar-refractivity contribution in [3.8, 4) is 0 Å². The van der Waals surface area contributed by atoms with E-state index in [0.29, 0.717) is 19.1 Å². The minimum atomic E-state index is -0.0509. The van der Waals surface area contributed by atoms with Gasteiger partial charge in [0.2, 0.25) is 5.91 Å². The maximum atomic E-state index is 11.7. The van der Waals surface area contributed by atoms with Gasteiger partial charge in [-0.1, -0.05) is 29.8 Å². The fraction of sp³-hybridized carbons (Fsp3) is 0.588. The maximum Gasteiger partial charge on any atom is 0.246 e. The molecule has 1 aromatic rings. The number of hydrogen-bond donors (Lipinski definition) is 1. The first-order valence-corrected chi connectivity index (χ1v) is 7.73. The van der Waals surface area contributed by atoms with Gasteiger partial charge in [-0.05, 0) is 32.3 Å². The van der Waals surface area contributed by atoms with E-state index in [0.717, 1.165) is 19.4 Å². The lowest BCUT2D eigenvalue weighted by molar-refractivity contribution is -0.126. The molecule has 0 spiro atoms. The molecule has 1 saturated heterocycles. The molecule has 4 heteroatoms. The smallest absolute Gasteiger partial charge is 0.246 e. The number of rotatable bonds is 6. The molecule has 1 aromatic carbocycles. The van der Waals surface area contributed by atoms with E-state index in [9.17, 15) is 4.79 Å². The van der Waals surface area contributed by atoms with Crippen LogP contribution in [-0.4, -0.2) is 32.3 Å². The van der Waals surface area contributed by atoms with E-state index in [2.05, 4.69) is 36.5 Å². The standard InChI is InChI=1S/C17H25NO3/c1-3-20-12-16(19)18-11-15-5-4-10-21-17(15)14-8-6-13(2)7-9-14/h6-9,15,17H,3-5,10-12H2,1-2H3,(H,18,19)/t15-,17-/m0/s1. The lowest BCUT2D eigenvalue weighted by atomic mass is 9.89. The van der Waals surface area contributed by atoms with Gasteiger partial charge in [0.25, 0.3) is 0 Å². The average molecular weight is 291 g/mol. The summed E-state index contributed by atoms with van der Waals surface area (Å²) in [5.41, 5.74) is 2.44. The third kappa shape index (κ3) is 4.83. The van der Waals surface area contributed by atoms with Gasteiger partial charge >= 0.3 is 0 Å². The highest BCUT2D eigenvalue weighted by atomic mass is 16.5. The number of carbonyl (C=O) groups is 1. The first kappa shape index (κ1) is 16.0. The minimum Gasteiger partial charge on any atom is -0.373 e. The monoisotopic (exact) mass is 291 g/mol. The Hall–Kier alpha value is -1.39. The largest absolute Gasteiger partial charge is 0.373 e. The molecule has 0 saturated carbocycles. The molecule has 21 heavy (non-hydrogen) atoms. The van der Waals surface area contributed by atoms with Gasteiger partial charge in [0, 0.05) is 25.7 Å². The Kier molecular flexibility index (Phi) is 6.21. The van der Waals surface area contributed by atoms with Crippen molar-refractivity contribution in [2.45, 2.75) is 32.8 Å². The number of carbonyl (C=O) groups excluding carboxylic acids is 1. The summed E-state index contributed by atoms with van der Waals surface area (Å²) in [5, 5.41) is 2.95. The van der Waals surface area contributed by atoms with Crippen LogP contribution in [0.25, 0.3) is 0 Å². The number of hydrogen-bond acceptors (Lipinski definition) is 3. The zero-order valence-electron chi connectivity index (χ0n) is 12.9. The van der Waals surface area contributed by atoms with Crippen molar-refractivity contribution in [3.63, 3.8) is 0 Å². The van der Waals surface area contributed by atoms with Gasteiger partial charge < -0.3 is 14.8 Å². The molecule has 0 radical (unpaired) electrons. The molecule has 1 heterocycles. The lowest BCUT2D eigenvalue weighted by Crippen LogP contribution is -2.36. The second kappa shape index (κ2) is 8.15. The maximum absolute atomic E-state index is 11.7.